The van der Waals surface area contributed by atoms with E-state index in [2.05, 4.69) is 5.32 Å². The predicted octanol–water partition coefficient (Wildman–Crippen LogP) is 0.478. The van der Waals surface area contributed by atoms with Crippen LogP contribution in [-0.2, 0) is 11.2 Å². The molecule has 0 radical (unpaired) electrons. The zero-order valence-electron chi connectivity index (χ0n) is 13.3. The first-order valence-corrected chi connectivity index (χ1v) is 7.45. The molecule has 0 spiro atoms. The second-order valence-corrected chi connectivity index (χ2v) is 5.61. The van der Waals surface area contributed by atoms with Crippen molar-refractivity contribution in [1.82, 2.24) is 4.90 Å². The molecule has 0 saturated carbocycles. The minimum absolute atomic E-state index is 0.0138. The minimum atomic E-state index is -1.48. The number of rotatable bonds is 6. The number of para-hydroxylation sites is 1. The van der Waals surface area contributed by atoms with Gasteiger partial charge in [0.2, 0.25) is 5.91 Å². The molecule has 120 valence electrons. The molecule has 2 rings (SSSR count). The summed E-state index contributed by atoms with van der Waals surface area (Å²) in [7, 11) is 1.98. The van der Waals surface area contributed by atoms with Gasteiger partial charge >= 0.3 is 7.12 Å². The lowest BCUT2D eigenvalue weighted by Gasteiger charge is -2.23. The van der Waals surface area contributed by atoms with Gasteiger partial charge in [-0.25, -0.2) is 0 Å². The molecule has 5 nitrogen and oxygen atoms in total. The molecular weight excluding hydrogens is 291 g/mol. The molecule has 23 heavy (non-hydrogen) atoms. The molecule has 1 atom stereocenters. The number of benzene rings is 2. The van der Waals surface area contributed by atoms with Crippen LogP contribution in [0.3, 0.4) is 0 Å². The number of hydrogen-bond acceptors (Lipinski definition) is 4. The van der Waals surface area contributed by atoms with Gasteiger partial charge in [-0.1, -0.05) is 42.5 Å². The summed E-state index contributed by atoms with van der Waals surface area (Å²) >= 11 is 0. The van der Waals surface area contributed by atoms with Crippen LogP contribution in [0.2, 0.25) is 0 Å². The van der Waals surface area contributed by atoms with Gasteiger partial charge < -0.3 is 20.3 Å². The molecular formula is C17H21BN2O3. The van der Waals surface area contributed by atoms with Crippen LogP contribution in [0.25, 0.3) is 0 Å². The van der Waals surface area contributed by atoms with Crippen molar-refractivity contribution in [2.45, 2.75) is 12.5 Å². The summed E-state index contributed by atoms with van der Waals surface area (Å²) in [5.41, 5.74) is 2.26. The first-order chi connectivity index (χ1) is 11.0. The van der Waals surface area contributed by atoms with Crippen molar-refractivity contribution >= 4 is 24.2 Å². The maximum absolute atomic E-state index is 12.4. The lowest BCUT2D eigenvalue weighted by molar-refractivity contribution is -0.129. The van der Waals surface area contributed by atoms with E-state index >= 15 is 0 Å². The number of likely N-dealkylation sites (N-methyl/N-ethyl adjacent to an activating group) is 1. The van der Waals surface area contributed by atoms with E-state index in [-0.39, 0.29) is 5.91 Å². The normalized spacial score (nSPS) is 11.7. The Morgan fingerprint density at radius 1 is 1.09 bits per heavy atom. The highest BCUT2D eigenvalue weighted by molar-refractivity contribution is 6.58. The zero-order chi connectivity index (χ0) is 16.8. The van der Waals surface area contributed by atoms with Crippen LogP contribution in [-0.4, -0.2) is 48.1 Å². The molecule has 1 unspecified atom stereocenters. The Bertz CT molecular complexity index is 630. The molecule has 0 saturated heterocycles. The summed E-state index contributed by atoms with van der Waals surface area (Å²) in [5, 5.41) is 21.5. The molecule has 0 aliphatic heterocycles. The second-order valence-electron chi connectivity index (χ2n) is 5.61. The molecule has 6 heteroatoms. The molecule has 2 aromatic carbocycles. The van der Waals surface area contributed by atoms with Gasteiger partial charge in [-0.3, -0.25) is 4.79 Å². The fourth-order valence-corrected chi connectivity index (χ4v) is 2.31. The largest absolute Gasteiger partial charge is 0.488 e. The van der Waals surface area contributed by atoms with Crippen molar-refractivity contribution < 1.29 is 14.8 Å². The van der Waals surface area contributed by atoms with E-state index in [0.717, 1.165) is 11.3 Å². The molecule has 0 bridgehead atoms. The standard InChI is InChI=1S/C17H21BN2O3/c1-20(2)17(21)16(19-15-6-4-3-5-7-15)12-13-8-10-14(11-9-13)18(22)23/h3-11,16,19,22-23H,12H2,1-2H3. The highest BCUT2D eigenvalue weighted by Crippen LogP contribution is 2.12. The summed E-state index contributed by atoms with van der Waals surface area (Å²) in [4.78, 5) is 14.0. The van der Waals surface area contributed by atoms with Crippen LogP contribution in [0, 0.1) is 0 Å². The Morgan fingerprint density at radius 2 is 1.70 bits per heavy atom. The van der Waals surface area contributed by atoms with Crippen LogP contribution < -0.4 is 10.8 Å². The van der Waals surface area contributed by atoms with Gasteiger partial charge in [-0.05, 0) is 23.2 Å². The maximum Gasteiger partial charge on any atom is 0.488 e. The van der Waals surface area contributed by atoms with Crippen LogP contribution in [0.1, 0.15) is 5.56 Å². The molecule has 3 N–H and O–H groups in total. The molecule has 0 aliphatic carbocycles. The number of hydrogen-bond donors (Lipinski definition) is 3. The van der Waals surface area contributed by atoms with Crippen molar-refractivity contribution in [1.29, 1.82) is 0 Å². The number of carbonyl (C=O) groups is 1. The van der Waals surface area contributed by atoms with Gasteiger partial charge in [-0.2, -0.15) is 0 Å². The topological polar surface area (TPSA) is 72.8 Å². The fraction of sp³-hybridized carbons (Fsp3) is 0.235. The quantitative estimate of drug-likeness (QED) is 0.678. The maximum atomic E-state index is 12.4. The van der Waals surface area contributed by atoms with Crippen molar-refractivity contribution in [2.24, 2.45) is 0 Å². The van der Waals surface area contributed by atoms with Crippen LogP contribution in [0.5, 0.6) is 0 Å². The number of anilines is 1. The third-order valence-electron chi connectivity index (χ3n) is 3.57. The van der Waals surface area contributed by atoms with Crippen LogP contribution >= 0.6 is 0 Å². The molecule has 0 aliphatic rings. The van der Waals surface area contributed by atoms with E-state index in [1.54, 1.807) is 43.3 Å². The summed E-state index contributed by atoms with van der Waals surface area (Å²) in [6, 6.07) is 16.1. The molecule has 0 fully saturated rings. The number of nitrogens with zero attached hydrogens (tertiary/aromatic N) is 1. The Labute approximate surface area is 136 Å². The monoisotopic (exact) mass is 312 g/mol. The fourth-order valence-electron chi connectivity index (χ4n) is 2.31. The zero-order valence-corrected chi connectivity index (χ0v) is 13.3. The van der Waals surface area contributed by atoms with E-state index in [1.165, 1.54) is 0 Å². The molecule has 0 aromatic heterocycles. The summed E-state index contributed by atoms with van der Waals surface area (Å²) in [6.45, 7) is 0. The van der Waals surface area contributed by atoms with Gasteiger partial charge in [0, 0.05) is 26.2 Å². The van der Waals surface area contributed by atoms with Gasteiger partial charge in [0.1, 0.15) is 6.04 Å². The van der Waals surface area contributed by atoms with Crippen molar-refractivity contribution in [3.8, 4) is 0 Å². The Hall–Kier alpha value is -2.31. The van der Waals surface area contributed by atoms with Crippen molar-refractivity contribution in [3.05, 3.63) is 60.2 Å². The highest BCUT2D eigenvalue weighted by atomic mass is 16.4. The average molecular weight is 312 g/mol. The second kappa shape index (κ2) is 7.81. The average Bonchev–Trinajstić information content (AvgIpc) is 2.55. The Balaban J connectivity index is 2.15. The van der Waals surface area contributed by atoms with Gasteiger partial charge in [-0.15, -0.1) is 0 Å². The molecule has 2 aromatic rings. The minimum Gasteiger partial charge on any atom is -0.423 e. The molecule has 0 heterocycles. The highest BCUT2D eigenvalue weighted by Gasteiger charge is 2.21. The number of amides is 1. The van der Waals surface area contributed by atoms with E-state index in [0.29, 0.717) is 11.9 Å². The van der Waals surface area contributed by atoms with Crippen LogP contribution in [0.4, 0.5) is 5.69 Å². The third-order valence-corrected chi connectivity index (χ3v) is 3.57. The smallest absolute Gasteiger partial charge is 0.423 e. The van der Waals surface area contributed by atoms with Crippen molar-refractivity contribution in [2.75, 3.05) is 19.4 Å². The summed E-state index contributed by atoms with van der Waals surface area (Å²) < 4.78 is 0. The van der Waals surface area contributed by atoms with Gasteiger partial charge in [0.25, 0.3) is 0 Å². The Kier molecular flexibility index (Phi) is 5.79. The van der Waals surface area contributed by atoms with E-state index in [9.17, 15) is 4.79 Å². The number of carbonyl (C=O) groups excluding carboxylic acids is 1. The van der Waals surface area contributed by atoms with Crippen LogP contribution in [0.15, 0.2) is 54.6 Å². The number of nitrogens with one attached hydrogen (secondary N) is 1. The Morgan fingerprint density at radius 3 is 2.22 bits per heavy atom. The first-order valence-electron chi connectivity index (χ1n) is 7.45. The summed E-state index contributed by atoms with van der Waals surface area (Å²) in [6.07, 6.45) is 0.508. The van der Waals surface area contributed by atoms with Gasteiger partial charge in [0.15, 0.2) is 0 Å². The third kappa shape index (κ3) is 4.84. The van der Waals surface area contributed by atoms with E-state index < -0.39 is 13.2 Å². The SMILES string of the molecule is CN(C)C(=O)C(Cc1ccc(B(O)O)cc1)Nc1ccccc1. The van der Waals surface area contributed by atoms with E-state index in [1.807, 2.05) is 30.3 Å². The van der Waals surface area contributed by atoms with E-state index in [4.69, 9.17) is 10.0 Å². The lowest BCUT2D eigenvalue weighted by Crippen LogP contribution is -2.40. The summed E-state index contributed by atoms with van der Waals surface area (Å²) in [5.74, 6) is -0.0138. The predicted molar refractivity (Wildman–Crippen MR) is 92.5 cm³/mol. The van der Waals surface area contributed by atoms with Gasteiger partial charge in [0.05, 0.1) is 0 Å². The lowest BCUT2D eigenvalue weighted by atomic mass is 9.80. The first kappa shape index (κ1) is 17.1. The molecule has 1 amide bonds. The van der Waals surface area contributed by atoms with Crippen molar-refractivity contribution in [3.63, 3.8) is 0 Å².